The second-order valence-corrected chi connectivity index (χ2v) is 6.87. The van der Waals surface area contributed by atoms with Crippen molar-refractivity contribution in [2.45, 2.75) is 18.0 Å². The molecule has 0 aliphatic heterocycles. The van der Waals surface area contributed by atoms with E-state index in [2.05, 4.69) is 10.3 Å². The first kappa shape index (κ1) is 18.5. The van der Waals surface area contributed by atoms with Crippen LogP contribution in [-0.2, 0) is 24.2 Å². The maximum atomic E-state index is 11.5. The van der Waals surface area contributed by atoms with Crippen molar-refractivity contribution < 1.29 is 13.5 Å². The fraction of sp³-hybridized carbons (Fsp3) is 0.105. The average molecular weight is 388 g/mol. The molecule has 0 aliphatic carbocycles. The van der Waals surface area contributed by atoms with Gasteiger partial charge in [0.1, 0.15) is 11.5 Å². The number of nitrogens with one attached hydrogen (secondary N) is 1. The van der Waals surface area contributed by atoms with E-state index in [9.17, 15) is 8.76 Å². The molecular formula is C19H16ClN2O3S-. The molecule has 0 radical (unpaired) electrons. The Morgan fingerprint density at radius 1 is 1.08 bits per heavy atom. The van der Waals surface area contributed by atoms with Gasteiger partial charge >= 0.3 is 0 Å². The molecule has 3 rings (SSSR count). The molecule has 134 valence electrons. The maximum absolute atomic E-state index is 11.5. The molecule has 0 amide bonds. The van der Waals surface area contributed by atoms with Crippen molar-refractivity contribution in [3.8, 4) is 11.5 Å². The van der Waals surface area contributed by atoms with Crippen molar-refractivity contribution >= 4 is 22.7 Å². The number of hydrogen-bond donors (Lipinski definition) is 1. The van der Waals surface area contributed by atoms with Crippen molar-refractivity contribution in [3.63, 3.8) is 0 Å². The fourth-order valence-electron chi connectivity index (χ4n) is 2.41. The Hall–Kier alpha value is -2.25. The second kappa shape index (κ2) is 8.91. The van der Waals surface area contributed by atoms with Crippen LogP contribution >= 0.6 is 11.6 Å². The lowest BCUT2D eigenvalue weighted by atomic mass is 10.2. The SMILES string of the molecule is O=S([O-])c1ccc(Oc2cccnc2)cc1CNCc1ccc(Cl)cc1. The van der Waals surface area contributed by atoms with Crippen LogP contribution in [0.15, 0.2) is 71.9 Å². The highest BCUT2D eigenvalue weighted by Crippen LogP contribution is 2.25. The van der Waals surface area contributed by atoms with Crippen molar-refractivity contribution in [1.29, 1.82) is 0 Å². The molecule has 0 saturated carbocycles. The average Bonchev–Trinajstić information content (AvgIpc) is 2.64. The van der Waals surface area contributed by atoms with Gasteiger partial charge in [0.25, 0.3) is 0 Å². The van der Waals surface area contributed by atoms with Crippen molar-refractivity contribution in [1.82, 2.24) is 10.3 Å². The molecule has 1 unspecified atom stereocenters. The van der Waals surface area contributed by atoms with Gasteiger partial charge in [-0.1, -0.05) is 23.7 Å². The lowest BCUT2D eigenvalue weighted by molar-refractivity contribution is 0.478. The summed E-state index contributed by atoms with van der Waals surface area (Å²) in [5, 5.41) is 3.92. The van der Waals surface area contributed by atoms with Crippen LogP contribution in [0.1, 0.15) is 11.1 Å². The third-order valence-electron chi connectivity index (χ3n) is 3.64. The molecule has 0 aliphatic rings. The minimum Gasteiger partial charge on any atom is -0.768 e. The van der Waals surface area contributed by atoms with E-state index in [4.69, 9.17) is 16.3 Å². The Balaban J connectivity index is 1.71. The number of rotatable bonds is 7. The number of benzene rings is 2. The zero-order chi connectivity index (χ0) is 18.4. The first-order valence-corrected chi connectivity index (χ1v) is 9.32. The van der Waals surface area contributed by atoms with Crippen LogP contribution in [0.3, 0.4) is 0 Å². The lowest BCUT2D eigenvalue weighted by Crippen LogP contribution is -2.14. The van der Waals surface area contributed by atoms with Gasteiger partial charge in [0, 0.05) is 29.2 Å². The molecule has 5 nitrogen and oxygen atoms in total. The summed E-state index contributed by atoms with van der Waals surface area (Å²) < 4.78 is 28.7. The Bertz CT molecular complexity index is 889. The summed E-state index contributed by atoms with van der Waals surface area (Å²) in [6.45, 7) is 0.978. The summed E-state index contributed by atoms with van der Waals surface area (Å²) in [5.74, 6) is 1.14. The first-order chi connectivity index (χ1) is 12.6. The highest BCUT2D eigenvalue weighted by Gasteiger charge is 2.07. The van der Waals surface area contributed by atoms with E-state index in [1.165, 1.54) is 6.07 Å². The molecule has 2 aromatic carbocycles. The van der Waals surface area contributed by atoms with Gasteiger partial charge in [0.15, 0.2) is 0 Å². The van der Waals surface area contributed by atoms with Crippen LogP contribution in [0, 0.1) is 0 Å². The van der Waals surface area contributed by atoms with Crippen LogP contribution in [0.2, 0.25) is 5.02 Å². The highest BCUT2D eigenvalue weighted by atomic mass is 35.5. The molecular weight excluding hydrogens is 372 g/mol. The van der Waals surface area contributed by atoms with Gasteiger partial charge in [-0.2, -0.15) is 0 Å². The maximum Gasteiger partial charge on any atom is 0.145 e. The van der Waals surface area contributed by atoms with E-state index in [-0.39, 0.29) is 4.90 Å². The van der Waals surface area contributed by atoms with Gasteiger partial charge in [-0.05, 0) is 64.7 Å². The molecule has 26 heavy (non-hydrogen) atoms. The van der Waals surface area contributed by atoms with E-state index in [0.717, 1.165) is 5.56 Å². The third-order valence-corrected chi connectivity index (χ3v) is 4.65. The largest absolute Gasteiger partial charge is 0.768 e. The zero-order valence-electron chi connectivity index (χ0n) is 13.7. The van der Waals surface area contributed by atoms with Gasteiger partial charge in [-0.3, -0.25) is 9.19 Å². The van der Waals surface area contributed by atoms with E-state index >= 15 is 0 Å². The van der Waals surface area contributed by atoms with Crippen LogP contribution in [0.25, 0.3) is 0 Å². The zero-order valence-corrected chi connectivity index (χ0v) is 15.3. The number of halogens is 1. The predicted octanol–water partition coefficient (Wildman–Crippen LogP) is 4.06. The standard InChI is InChI=1S/C19H17ClN2O3S/c20-16-5-3-14(4-6-16)11-22-12-15-10-17(7-8-19(15)26(23)24)25-18-2-1-9-21-13-18/h1-10,13,22H,11-12H2,(H,23,24)/p-1. The molecule has 1 N–H and O–H groups in total. The number of pyridine rings is 1. The molecule has 0 fully saturated rings. The summed E-state index contributed by atoms with van der Waals surface area (Å²) >= 11 is 3.55. The Morgan fingerprint density at radius 2 is 1.88 bits per heavy atom. The summed E-state index contributed by atoms with van der Waals surface area (Å²) in [4.78, 5) is 4.24. The second-order valence-electron chi connectivity index (χ2n) is 5.53. The van der Waals surface area contributed by atoms with E-state index < -0.39 is 11.1 Å². The van der Waals surface area contributed by atoms with Crippen LogP contribution in [0.4, 0.5) is 0 Å². The molecule has 1 aromatic heterocycles. The minimum atomic E-state index is -2.32. The third kappa shape index (κ3) is 5.12. The molecule has 0 spiro atoms. The topological polar surface area (TPSA) is 74.3 Å². The Labute approximate surface area is 159 Å². The van der Waals surface area contributed by atoms with Crippen molar-refractivity contribution in [3.05, 3.63) is 83.1 Å². The van der Waals surface area contributed by atoms with Crippen LogP contribution in [0.5, 0.6) is 11.5 Å². The molecule has 0 saturated heterocycles. The Kier molecular flexibility index (Phi) is 6.35. The molecule has 1 heterocycles. The normalized spacial score (nSPS) is 11.9. The molecule has 7 heteroatoms. The van der Waals surface area contributed by atoms with Gasteiger partial charge in [0.2, 0.25) is 0 Å². The van der Waals surface area contributed by atoms with Crippen LogP contribution in [-0.4, -0.2) is 13.7 Å². The van der Waals surface area contributed by atoms with E-state index in [1.54, 1.807) is 36.7 Å². The van der Waals surface area contributed by atoms with Crippen LogP contribution < -0.4 is 10.1 Å². The summed E-state index contributed by atoms with van der Waals surface area (Å²) in [7, 11) is 0. The smallest absolute Gasteiger partial charge is 0.145 e. The Morgan fingerprint density at radius 3 is 2.58 bits per heavy atom. The summed E-state index contributed by atoms with van der Waals surface area (Å²) in [6.07, 6.45) is 3.25. The van der Waals surface area contributed by atoms with Crippen molar-refractivity contribution in [2.24, 2.45) is 0 Å². The minimum absolute atomic E-state index is 0.243. The highest BCUT2D eigenvalue weighted by molar-refractivity contribution is 7.79. The summed E-state index contributed by atoms with van der Waals surface area (Å²) in [5.41, 5.74) is 1.69. The van der Waals surface area contributed by atoms with Gasteiger partial charge in [0.05, 0.1) is 6.20 Å². The van der Waals surface area contributed by atoms with Gasteiger partial charge in [-0.25, -0.2) is 0 Å². The number of nitrogens with zero attached hydrogens (tertiary/aromatic N) is 1. The molecule has 0 bridgehead atoms. The van der Waals surface area contributed by atoms with E-state index in [1.807, 2.05) is 24.3 Å². The monoisotopic (exact) mass is 387 g/mol. The molecule has 3 aromatic rings. The van der Waals surface area contributed by atoms with Gasteiger partial charge < -0.3 is 14.6 Å². The summed E-state index contributed by atoms with van der Waals surface area (Å²) in [6, 6.07) is 15.9. The quantitative estimate of drug-likeness (QED) is 0.619. The fourth-order valence-corrected chi connectivity index (χ4v) is 3.06. The number of ether oxygens (including phenoxy) is 1. The number of aromatic nitrogens is 1. The number of hydrogen-bond acceptors (Lipinski definition) is 5. The lowest BCUT2D eigenvalue weighted by Gasteiger charge is -2.15. The molecule has 1 atom stereocenters. The van der Waals surface area contributed by atoms with E-state index in [0.29, 0.717) is 35.2 Å². The predicted molar refractivity (Wildman–Crippen MR) is 99.9 cm³/mol. The van der Waals surface area contributed by atoms with Gasteiger partial charge in [-0.15, -0.1) is 0 Å². The van der Waals surface area contributed by atoms with Crippen molar-refractivity contribution in [2.75, 3.05) is 0 Å². The first-order valence-electron chi connectivity index (χ1n) is 7.87.